The van der Waals surface area contributed by atoms with Crippen molar-refractivity contribution in [1.29, 1.82) is 0 Å². The molecule has 1 heterocycles. The lowest BCUT2D eigenvalue weighted by Gasteiger charge is -2.36. The molecule has 0 aromatic heterocycles. The summed E-state index contributed by atoms with van der Waals surface area (Å²) in [5.74, 6) is 3.74. The summed E-state index contributed by atoms with van der Waals surface area (Å²) in [4.78, 5) is 0. The number of benzene rings is 1. The van der Waals surface area contributed by atoms with Crippen LogP contribution in [0.1, 0.15) is 104 Å². The van der Waals surface area contributed by atoms with Crippen molar-refractivity contribution >= 4 is 0 Å². The van der Waals surface area contributed by atoms with Gasteiger partial charge in [-0.1, -0.05) is 90.8 Å². The average Bonchev–Trinajstić information content (AvgIpc) is 2.61. The van der Waals surface area contributed by atoms with Crippen LogP contribution in [-0.2, 0) is 6.42 Å². The summed E-state index contributed by atoms with van der Waals surface area (Å²) in [5, 5.41) is 0. The van der Waals surface area contributed by atoms with Gasteiger partial charge in [0.25, 0.3) is 0 Å². The van der Waals surface area contributed by atoms with Crippen molar-refractivity contribution in [3.63, 3.8) is 0 Å². The third-order valence-corrected chi connectivity index (χ3v) is 6.53. The van der Waals surface area contributed by atoms with Gasteiger partial charge in [-0.3, -0.25) is 0 Å². The SMILES string of the molecule is CC(C)CCC[C@@H](C)CCC[C@@H](C)CCC[C@]1(C)CCc2ccccc2O1. The van der Waals surface area contributed by atoms with Crippen molar-refractivity contribution in [2.75, 3.05) is 0 Å². The van der Waals surface area contributed by atoms with Gasteiger partial charge in [-0.25, -0.2) is 0 Å². The minimum absolute atomic E-state index is 0.0407. The Morgan fingerprint density at radius 3 is 2.11 bits per heavy atom. The van der Waals surface area contributed by atoms with Gasteiger partial charge >= 0.3 is 0 Å². The van der Waals surface area contributed by atoms with E-state index in [4.69, 9.17) is 4.74 Å². The van der Waals surface area contributed by atoms with Gasteiger partial charge in [-0.05, 0) is 62.0 Å². The van der Waals surface area contributed by atoms with Gasteiger partial charge in [0.2, 0.25) is 0 Å². The predicted octanol–water partition coefficient (Wildman–Crippen LogP) is 8.21. The van der Waals surface area contributed by atoms with Crippen molar-refractivity contribution in [3.05, 3.63) is 29.8 Å². The molecule has 0 aliphatic carbocycles. The molecule has 1 aromatic carbocycles. The Morgan fingerprint density at radius 2 is 1.44 bits per heavy atom. The molecule has 0 spiro atoms. The van der Waals surface area contributed by atoms with E-state index in [0.717, 1.165) is 36.3 Å². The van der Waals surface area contributed by atoms with Crippen LogP contribution < -0.4 is 4.74 Å². The fraction of sp³-hybridized carbons (Fsp3) is 0.769. The zero-order valence-corrected chi connectivity index (χ0v) is 18.7. The van der Waals surface area contributed by atoms with Crippen molar-refractivity contribution in [1.82, 2.24) is 0 Å². The minimum Gasteiger partial charge on any atom is -0.487 e. The van der Waals surface area contributed by atoms with Crippen LogP contribution in [0, 0.1) is 17.8 Å². The van der Waals surface area contributed by atoms with E-state index in [1.165, 1.54) is 63.4 Å². The first-order chi connectivity index (χ1) is 12.9. The Hall–Kier alpha value is -0.980. The number of fused-ring (bicyclic) bond motifs is 1. The normalized spacial score (nSPS) is 21.6. The van der Waals surface area contributed by atoms with Crippen LogP contribution in [0.2, 0.25) is 0 Å². The molecule has 2 rings (SSSR count). The first-order valence-corrected chi connectivity index (χ1v) is 11.6. The molecule has 154 valence electrons. The number of rotatable bonds is 12. The molecule has 0 saturated heterocycles. The highest BCUT2D eigenvalue weighted by Gasteiger charge is 2.30. The largest absolute Gasteiger partial charge is 0.487 e. The maximum absolute atomic E-state index is 6.37. The van der Waals surface area contributed by atoms with Gasteiger partial charge in [0.1, 0.15) is 11.4 Å². The summed E-state index contributed by atoms with van der Waals surface area (Å²) in [6, 6.07) is 8.56. The maximum atomic E-state index is 6.37. The van der Waals surface area contributed by atoms with Gasteiger partial charge in [0.05, 0.1) is 0 Å². The first-order valence-electron chi connectivity index (χ1n) is 11.6. The maximum Gasteiger partial charge on any atom is 0.123 e. The van der Waals surface area contributed by atoms with E-state index in [1.54, 1.807) is 0 Å². The molecule has 0 bridgehead atoms. The molecule has 1 nitrogen and oxygen atoms in total. The smallest absolute Gasteiger partial charge is 0.123 e. The number of hydrogen-bond donors (Lipinski definition) is 0. The molecule has 0 saturated carbocycles. The summed E-state index contributed by atoms with van der Waals surface area (Å²) in [6.07, 6.45) is 14.6. The molecule has 1 aliphatic rings. The van der Waals surface area contributed by atoms with Crippen molar-refractivity contribution in [2.45, 2.75) is 111 Å². The van der Waals surface area contributed by atoms with Gasteiger partial charge in [0, 0.05) is 0 Å². The minimum atomic E-state index is 0.0407. The second-order valence-electron chi connectivity index (χ2n) is 10.0. The molecule has 1 aromatic rings. The zero-order chi connectivity index (χ0) is 19.7. The molecule has 1 aliphatic heterocycles. The van der Waals surface area contributed by atoms with Crippen LogP contribution >= 0.6 is 0 Å². The monoisotopic (exact) mass is 372 g/mol. The Kier molecular flexibility index (Phi) is 9.19. The average molecular weight is 373 g/mol. The molecule has 0 unspecified atom stereocenters. The van der Waals surface area contributed by atoms with Crippen molar-refractivity contribution < 1.29 is 4.74 Å². The fourth-order valence-corrected chi connectivity index (χ4v) is 4.50. The lowest BCUT2D eigenvalue weighted by molar-refractivity contribution is 0.0524. The molecule has 3 atom stereocenters. The van der Waals surface area contributed by atoms with Crippen LogP contribution in [0.5, 0.6) is 5.75 Å². The van der Waals surface area contributed by atoms with Crippen LogP contribution in [0.15, 0.2) is 24.3 Å². The summed E-state index contributed by atoms with van der Waals surface area (Å²) >= 11 is 0. The second-order valence-corrected chi connectivity index (χ2v) is 10.0. The highest BCUT2D eigenvalue weighted by atomic mass is 16.5. The van der Waals surface area contributed by atoms with E-state index in [2.05, 4.69) is 58.9 Å². The van der Waals surface area contributed by atoms with Gasteiger partial charge < -0.3 is 4.74 Å². The number of para-hydroxylation sites is 1. The van der Waals surface area contributed by atoms with E-state index >= 15 is 0 Å². The Bertz CT molecular complexity index is 535. The van der Waals surface area contributed by atoms with E-state index in [0.29, 0.717) is 0 Å². The van der Waals surface area contributed by atoms with E-state index in [9.17, 15) is 0 Å². The van der Waals surface area contributed by atoms with Crippen molar-refractivity contribution in [3.8, 4) is 5.75 Å². The molecule has 0 N–H and O–H groups in total. The molecular formula is C26H44O. The topological polar surface area (TPSA) is 9.23 Å². The van der Waals surface area contributed by atoms with Crippen LogP contribution in [-0.4, -0.2) is 5.60 Å². The molecule has 1 heteroatoms. The molecule has 27 heavy (non-hydrogen) atoms. The second kappa shape index (κ2) is 11.1. The van der Waals surface area contributed by atoms with Crippen LogP contribution in [0.4, 0.5) is 0 Å². The van der Waals surface area contributed by atoms with Crippen molar-refractivity contribution in [2.24, 2.45) is 17.8 Å². The number of aryl methyl sites for hydroxylation is 1. The van der Waals surface area contributed by atoms with Crippen LogP contribution in [0.25, 0.3) is 0 Å². The zero-order valence-electron chi connectivity index (χ0n) is 18.7. The Labute approximate surface area is 169 Å². The third kappa shape index (κ3) is 8.28. The Balaban J connectivity index is 1.57. The summed E-state index contributed by atoms with van der Waals surface area (Å²) < 4.78 is 6.37. The van der Waals surface area contributed by atoms with Gasteiger partial charge in [0.15, 0.2) is 0 Å². The summed E-state index contributed by atoms with van der Waals surface area (Å²) in [7, 11) is 0. The fourth-order valence-electron chi connectivity index (χ4n) is 4.50. The van der Waals surface area contributed by atoms with Gasteiger partial charge in [-0.15, -0.1) is 0 Å². The standard InChI is InChI=1S/C26H44O/c1-21(2)11-8-12-22(3)13-9-14-23(4)15-10-19-26(5)20-18-24-16-6-7-17-25(24)27-26/h6-7,16-17,21-23H,8-15,18-20H2,1-5H3/t22-,23-,26-/m1/s1. The highest BCUT2D eigenvalue weighted by molar-refractivity contribution is 5.35. The Morgan fingerprint density at radius 1 is 0.852 bits per heavy atom. The third-order valence-electron chi connectivity index (χ3n) is 6.53. The van der Waals surface area contributed by atoms with Crippen LogP contribution in [0.3, 0.4) is 0 Å². The van der Waals surface area contributed by atoms with E-state index in [-0.39, 0.29) is 5.60 Å². The van der Waals surface area contributed by atoms with E-state index in [1.807, 2.05) is 0 Å². The summed E-state index contributed by atoms with van der Waals surface area (Å²) in [5.41, 5.74) is 1.42. The molecular weight excluding hydrogens is 328 g/mol. The lowest BCUT2D eigenvalue weighted by atomic mass is 9.86. The summed E-state index contributed by atoms with van der Waals surface area (Å²) in [6.45, 7) is 11.9. The predicted molar refractivity (Wildman–Crippen MR) is 119 cm³/mol. The molecule has 0 radical (unpaired) electrons. The molecule has 0 fully saturated rings. The lowest BCUT2D eigenvalue weighted by Crippen LogP contribution is -2.36. The highest BCUT2D eigenvalue weighted by Crippen LogP contribution is 2.36. The first kappa shape index (κ1) is 22.3. The quantitative estimate of drug-likeness (QED) is 0.359. The number of ether oxygens (including phenoxy) is 1. The van der Waals surface area contributed by atoms with Gasteiger partial charge in [-0.2, -0.15) is 0 Å². The number of hydrogen-bond acceptors (Lipinski definition) is 1. The van der Waals surface area contributed by atoms with E-state index < -0.39 is 0 Å². The molecule has 0 amide bonds.